The maximum absolute atomic E-state index is 9.62. The van der Waals surface area contributed by atoms with E-state index in [1.54, 1.807) is 0 Å². The molecule has 0 saturated carbocycles. The summed E-state index contributed by atoms with van der Waals surface area (Å²) in [5, 5.41) is 16.9. The molecule has 0 aliphatic rings. The van der Waals surface area contributed by atoms with Gasteiger partial charge in [-0.2, -0.15) is 0 Å². The molecule has 0 radical (unpaired) electrons. The van der Waals surface area contributed by atoms with Gasteiger partial charge in [0, 0.05) is 6.42 Å². The predicted octanol–water partition coefficient (Wildman–Crippen LogP) is 1.23. The number of carbonyl (C=O) groups is 1. The van der Waals surface area contributed by atoms with Crippen molar-refractivity contribution in [1.29, 1.82) is 0 Å². The molecule has 0 aromatic heterocycles. The molecule has 80 valence electrons. The molecule has 3 heteroatoms. The van der Waals surface area contributed by atoms with E-state index in [9.17, 15) is 4.79 Å². The molecule has 0 rings (SSSR count). The number of rotatable bonds is 4. The van der Waals surface area contributed by atoms with Gasteiger partial charge in [-0.1, -0.05) is 27.7 Å². The monoisotopic (exact) mass is 190 g/mol. The predicted molar refractivity (Wildman–Crippen MR) is 53.4 cm³/mol. The summed E-state index contributed by atoms with van der Waals surface area (Å²) in [6.45, 7) is 7.64. The van der Waals surface area contributed by atoms with Crippen molar-refractivity contribution in [3.63, 3.8) is 0 Å². The second-order valence-electron chi connectivity index (χ2n) is 3.79. The van der Waals surface area contributed by atoms with Gasteiger partial charge >= 0.3 is 0 Å². The molecule has 13 heavy (non-hydrogen) atoms. The summed E-state index contributed by atoms with van der Waals surface area (Å²) in [6.07, 6.45) is 1.10. The molecule has 0 aromatic carbocycles. The number of aldehydes is 1. The fraction of sp³-hybridized carbons (Fsp3) is 0.900. The molecule has 0 aliphatic carbocycles. The highest BCUT2D eigenvalue weighted by Crippen LogP contribution is 1.97. The van der Waals surface area contributed by atoms with Crippen LogP contribution in [0.25, 0.3) is 0 Å². The Bertz CT molecular complexity index is 111. The molecule has 0 amide bonds. The van der Waals surface area contributed by atoms with Crippen LogP contribution in [-0.4, -0.2) is 29.2 Å². The summed E-state index contributed by atoms with van der Waals surface area (Å²) in [5.41, 5.74) is 0. The lowest BCUT2D eigenvalue weighted by Crippen LogP contribution is -2.18. The first-order valence-electron chi connectivity index (χ1n) is 4.68. The highest BCUT2D eigenvalue weighted by Gasteiger charge is 2.04. The molecule has 1 atom stereocenters. The summed E-state index contributed by atoms with van der Waals surface area (Å²) in [7, 11) is 0. The molecule has 2 N–H and O–H groups in total. The normalized spacial score (nSPS) is 12.3. The zero-order chi connectivity index (χ0) is 10.9. The van der Waals surface area contributed by atoms with Gasteiger partial charge < -0.3 is 15.0 Å². The van der Waals surface area contributed by atoms with E-state index in [1.807, 2.05) is 27.7 Å². The molecule has 0 heterocycles. The summed E-state index contributed by atoms with van der Waals surface area (Å²) in [6, 6.07) is 0. The van der Waals surface area contributed by atoms with Crippen LogP contribution in [0.15, 0.2) is 0 Å². The highest BCUT2D eigenvalue weighted by molar-refractivity contribution is 5.49. The van der Waals surface area contributed by atoms with Gasteiger partial charge in [0.05, 0.1) is 12.7 Å². The molecule has 0 saturated heterocycles. The molecule has 1 unspecified atom stereocenters. The minimum atomic E-state index is -0.542. The second-order valence-corrected chi connectivity index (χ2v) is 3.79. The molecule has 0 aromatic rings. The van der Waals surface area contributed by atoms with Crippen molar-refractivity contribution < 1.29 is 15.0 Å². The Kier molecular flexibility index (Phi) is 11.2. The van der Waals surface area contributed by atoms with E-state index in [2.05, 4.69) is 0 Å². The third-order valence-electron chi connectivity index (χ3n) is 1.52. The highest BCUT2D eigenvalue weighted by atomic mass is 16.3. The number of carbonyl (C=O) groups excluding carboxylic acids is 1. The van der Waals surface area contributed by atoms with Gasteiger partial charge in [-0.15, -0.1) is 0 Å². The molecule has 3 nitrogen and oxygen atoms in total. The zero-order valence-corrected chi connectivity index (χ0v) is 9.03. The first-order chi connectivity index (χ1) is 5.95. The van der Waals surface area contributed by atoms with Gasteiger partial charge in [0.25, 0.3) is 0 Å². The molecular formula is C10H22O3. The number of hydrogen-bond acceptors (Lipinski definition) is 3. The van der Waals surface area contributed by atoms with E-state index in [4.69, 9.17) is 10.2 Å². The Morgan fingerprint density at radius 1 is 1.23 bits per heavy atom. The van der Waals surface area contributed by atoms with E-state index in [1.165, 1.54) is 0 Å². The minimum absolute atomic E-state index is 0.127. The van der Waals surface area contributed by atoms with Crippen molar-refractivity contribution in [3.05, 3.63) is 0 Å². The Morgan fingerprint density at radius 3 is 1.69 bits per heavy atom. The Labute approximate surface area is 80.8 Å². The fourth-order valence-corrected chi connectivity index (χ4v) is 0.403. The van der Waals surface area contributed by atoms with Crippen molar-refractivity contribution in [3.8, 4) is 0 Å². The standard InChI is InChI=1S/C5H12O2.C5H10O/c1-4(2)5(7)3-6;1-5(2)3-4-6/h4-7H,3H2,1-2H3;4-5H,3H2,1-2H3. The first-order valence-corrected chi connectivity index (χ1v) is 4.68. The van der Waals surface area contributed by atoms with Crippen LogP contribution in [0.5, 0.6) is 0 Å². The third kappa shape index (κ3) is 14.4. The molecule has 0 fully saturated rings. The number of aliphatic hydroxyl groups excluding tert-OH is 2. The van der Waals surface area contributed by atoms with Crippen molar-refractivity contribution in [1.82, 2.24) is 0 Å². The van der Waals surface area contributed by atoms with Gasteiger partial charge in [-0.25, -0.2) is 0 Å². The average molecular weight is 190 g/mol. The van der Waals surface area contributed by atoms with Crippen molar-refractivity contribution in [2.24, 2.45) is 11.8 Å². The van der Waals surface area contributed by atoms with Crippen LogP contribution in [0.1, 0.15) is 34.1 Å². The van der Waals surface area contributed by atoms with Crippen molar-refractivity contribution in [2.75, 3.05) is 6.61 Å². The van der Waals surface area contributed by atoms with Crippen LogP contribution in [0.2, 0.25) is 0 Å². The van der Waals surface area contributed by atoms with Gasteiger partial charge in [-0.3, -0.25) is 0 Å². The molecule has 0 aliphatic heterocycles. The van der Waals surface area contributed by atoms with Crippen LogP contribution < -0.4 is 0 Å². The van der Waals surface area contributed by atoms with Gasteiger partial charge in [-0.05, 0) is 11.8 Å². The summed E-state index contributed by atoms with van der Waals surface area (Å²) in [4.78, 5) is 9.62. The van der Waals surface area contributed by atoms with Crippen LogP contribution in [0.4, 0.5) is 0 Å². The Balaban J connectivity index is 0. The van der Waals surface area contributed by atoms with Crippen molar-refractivity contribution in [2.45, 2.75) is 40.2 Å². The third-order valence-corrected chi connectivity index (χ3v) is 1.52. The maximum Gasteiger partial charge on any atom is 0.120 e. The van der Waals surface area contributed by atoms with Crippen LogP contribution >= 0.6 is 0 Å². The lowest BCUT2D eigenvalue weighted by molar-refractivity contribution is -0.108. The van der Waals surface area contributed by atoms with Crippen LogP contribution in [-0.2, 0) is 4.79 Å². The topological polar surface area (TPSA) is 57.5 Å². The van der Waals surface area contributed by atoms with Crippen LogP contribution in [0, 0.1) is 11.8 Å². The average Bonchev–Trinajstić information content (AvgIpc) is 2.03. The largest absolute Gasteiger partial charge is 0.394 e. The first kappa shape index (κ1) is 15.1. The van der Waals surface area contributed by atoms with E-state index in [-0.39, 0.29) is 12.5 Å². The van der Waals surface area contributed by atoms with E-state index in [0.29, 0.717) is 12.3 Å². The van der Waals surface area contributed by atoms with E-state index < -0.39 is 6.10 Å². The Morgan fingerprint density at radius 2 is 1.69 bits per heavy atom. The summed E-state index contributed by atoms with van der Waals surface area (Å²) < 4.78 is 0. The van der Waals surface area contributed by atoms with Gasteiger partial charge in [0.15, 0.2) is 0 Å². The van der Waals surface area contributed by atoms with Gasteiger partial charge in [0.1, 0.15) is 6.29 Å². The number of hydrogen-bond donors (Lipinski definition) is 2. The molecule has 0 bridgehead atoms. The van der Waals surface area contributed by atoms with Gasteiger partial charge in [0.2, 0.25) is 0 Å². The SMILES string of the molecule is CC(C)C(O)CO.CC(C)CC=O. The lowest BCUT2D eigenvalue weighted by atomic mass is 10.1. The van der Waals surface area contributed by atoms with Crippen LogP contribution in [0.3, 0.4) is 0 Å². The quantitative estimate of drug-likeness (QED) is 0.655. The summed E-state index contributed by atoms with van der Waals surface area (Å²) >= 11 is 0. The van der Waals surface area contributed by atoms with Crippen molar-refractivity contribution >= 4 is 6.29 Å². The molecule has 0 spiro atoms. The van der Waals surface area contributed by atoms with E-state index >= 15 is 0 Å². The maximum atomic E-state index is 9.62. The van der Waals surface area contributed by atoms with E-state index in [0.717, 1.165) is 6.29 Å². The Hall–Kier alpha value is -0.410. The number of aliphatic hydroxyl groups is 2. The fourth-order valence-electron chi connectivity index (χ4n) is 0.403. The second kappa shape index (κ2) is 9.68. The summed E-state index contributed by atoms with van der Waals surface area (Å²) in [5.74, 6) is 0.701. The molecular weight excluding hydrogens is 168 g/mol. The smallest absolute Gasteiger partial charge is 0.120 e. The zero-order valence-electron chi connectivity index (χ0n) is 9.03. The lowest BCUT2D eigenvalue weighted by Gasteiger charge is -2.08. The minimum Gasteiger partial charge on any atom is -0.394 e.